The maximum atomic E-state index is 12.5. The molecule has 3 heterocycles. The van der Waals surface area contributed by atoms with E-state index < -0.39 is 5.25 Å². The van der Waals surface area contributed by atoms with Crippen LogP contribution in [0.2, 0.25) is 0 Å². The largest absolute Gasteiger partial charge is 0.454 e. The number of carbonyl (C=O) groups is 1. The highest BCUT2D eigenvalue weighted by Gasteiger charge is 2.19. The molecule has 0 saturated carbocycles. The van der Waals surface area contributed by atoms with E-state index >= 15 is 0 Å². The van der Waals surface area contributed by atoms with E-state index in [4.69, 9.17) is 9.47 Å². The fraction of sp³-hybridized carbons (Fsp3) is 0.158. The zero-order valence-electron chi connectivity index (χ0n) is 14.8. The first-order valence-corrected chi connectivity index (χ1v) is 9.54. The van der Waals surface area contributed by atoms with Gasteiger partial charge >= 0.3 is 0 Å². The van der Waals surface area contributed by atoms with E-state index in [0.717, 1.165) is 16.4 Å². The van der Waals surface area contributed by atoms with Crippen molar-refractivity contribution >= 4 is 45.4 Å². The van der Waals surface area contributed by atoms with Crippen LogP contribution in [0.15, 0.2) is 47.6 Å². The first-order chi connectivity index (χ1) is 13.7. The smallest absolute Gasteiger partial charge is 0.237 e. The third-order valence-corrected chi connectivity index (χ3v) is 5.35. The molecule has 1 aliphatic rings. The van der Waals surface area contributed by atoms with Crippen LogP contribution in [0.4, 0.5) is 5.69 Å². The predicted molar refractivity (Wildman–Crippen MR) is 106 cm³/mol. The Kier molecular flexibility index (Phi) is 4.01. The Hall–Kier alpha value is -3.33. The lowest BCUT2D eigenvalue weighted by atomic mass is 10.2. The second-order valence-corrected chi connectivity index (χ2v) is 7.59. The number of amides is 1. The number of nitrogens with zero attached hydrogens (tertiary/aromatic N) is 3. The number of thioether (sulfide) groups is 1. The van der Waals surface area contributed by atoms with E-state index in [9.17, 15) is 4.79 Å². The average Bonchev–Trinajstić information content (AvgIpc) is 3.31. The van der Waals surface area contributed by atoms with Gasteiger partial charge in [0.2, 0.25) is 17.9 Å². The maximum absolute atomic E-state index is 12.5. The molecule has 1 aliphatic heterocycles. The van der Waals surface area contributed by atoms with Crippen molar-refractivity contribution in [1.29, 1.82) is 0 Å². The molecule has 2 aromatic heterocycles. The first-order valence-electron chi connectivity index (χ1n) is 8.66. The molecule has 2 aromatic carbocycles. The molecule has 8 nitrogen and oxygen atoms in total. The molecule has 1 atom stereocenters. The summed E-state index contributed by atoms with van der Waals surface area (Å²) in [4.78, 5) is 20.3. The number of aromatic nitrogens is 4. The van der Waals surface area contributed by atoms with Gasteiger partial charge < -0.3 is 19.8 Å². The first kappa shape index (κ1) is 16.8. The Labute approximate surface area is 163 Å². The minimum atomic E-state index is -0.408. The zero-order chi connectivity index (χ0) is 19.1. The second-order valence-electron chi connectivity index (χ2n) is 6.28. The summed E-state index contributed by atoms with van der Waals surface area (Å²) in [5.41, 5.74) is 2.97. The second kappa shape index (κ2) is 6.68. The van der Waals surface area contributed by atoms with Gasteiger partial charge in [-0.1, -0.05) is 30.0 Å². The van der Waals surface area contributed by atoms with Crippen LogP contribution in [0.25, 0.3) is 22.1 Å². The molecule has 140 valence electrons. The molecule has 0 spiro atoms. The Balaban J connectivity index is 1.32. The van der Waals surface area contributed by atoms with Crippen molar-refractivity contribution in [2.24, 2.45) is 0 Å². The zero-order valence-corrected chi connectivity index (χ0v) is 15.6. The standard InChI is InChI=1S/C19H15N5O3S/c1-10(18(25)20-11-6-7-14-15(8-11)27-9-26-14)28-19-22-17-16(23-24-19)12-4-2-3-5-13(12)21-17/h2-8,10H,9H2,1H3,(H,20,25)(H,21,22,24)/t10-/m1/s1. The highest BCUT2D eigenvalue weighted by atomic mass is 32.2. The predicted octanol–water partition coefficient (Wildman–Crippen LogP) is 3.35. The highest BCUT2D eigenvalue weighted by molar-refractivity contribution is 8.00. The Morgan fingerprint density at radius 1 is 1.18 bits per heavy atom. The molecule has 0 bridgehead atoms. The number of H-pyrrole nitrogens is 1. The minimum absolute atomic E-state index is 0.163. The summed E-state index contributed by atoms with van der Waals surface area (Å²) in [5.74, 6) is 1.13. The van der Waals surface area contributed by atoms with E-state index in [-0.39, 0.29) is 12.7 Å². The van der Waals surface area contributed by atoms with Crippen molar-refractivity contribution in [3.8, 4) is 11.5 Å². The van der Waals surface area contributed by atoms with Crippen LogP contribution in [-0.4, -0.2) is 38.1 Å². The van der Waals surface area contributed by atoms with Gasteiger partial charge in [-0.2, -0.15) is 0 Å². The van der Waals surface area contributed by atoms with Crippen LogP contribution >= 0.6 is 11.8 Å². The number of para-hydroxylation sites is 1. The molecule has 28 heavy (non-hydrogen) atoms. The van der Waals surface area contributed by atoms with E-state index in [1.54, 1.807) is 25.1 Å². The number of carbonyl (C=O) groups excluding carboxylic acids is 1. The molecule has 9 heteroatoms. The Morgan fingerprint density at radius 2 is 2.04 bits per heavy atom. The molecule has 5 rings (SSSR count). The summed E-state index contributed by atoms with van der Waals surface area (Å²) < 4.78 is 10.6. The lowest BCUT2D eigenvalue weighted by Gasteiger charge is -2.11. The van der Waals surface area contributed by atoms with E-state index in [0.29, 0.717) is 28.0 Å². The third kappa shape index (κ3) is 2.99. The van der Waals surface area contributed by atoms with Crippen molar-refractivity contribution in [3.05, 3.63) is 42.5 Å². The summed E-state index contributed by atoms with van der Waals surface area (Å²) in [6.45, 7) is 1.99. The minimum Gasteiger partial charge on any atom is -0.454 e. The number of benzene rings is 2. The number of aromatic amines is 1. The van der Waals surface area contributed by atoms with Crippen LogP contribution in [0.3, 0.4) is 0 Å². The van der Waals surface area contributed by atoms with Gasteiger partial charge in [-0.25, -0.2) is 4.98 Å². The lowest BCUT2D eigenvalue weighted by molar-refractivity contribution is -0.115. The SMILES string of the molecule is C[C@@H](Sc1nnc2c(n1)[nH]c1ccccc12)C(=O)Nc1ccc2c(c1)OCO2. The van der Waals surface area contributed by atoms with E-state index in [1.807, 2.05) is 24.3 Å². The number of rotatable bonds is 4. The Morgan fingerprint density at radius 3 is 2.96 bits per heavy atom. The van der Waals surface area contributed by atoms with Crippen LogP contribution in [0.1, 0.15) is 6.92 Å². The van der Waals surface area contributed by atoms with Crippen molar-refractivity contribution in [2.45, 2.75) is 17.3 Å². The number of nitrogens with one attached hydrogen (secondary N) is 2. The van der Waals surface area contributed by atoms with Crippen molar-refractivity contribution in [3.63, 3.8) is 0 Å². The fourth-order valence-electron chi connectivity index (χ4n) is 2.99. The van der Waals surface area contributed by atoms with E-state index in [1.165, 1.54) is 11.8 Å². The summed E-state index contributed by atoms with van der Waals surface area (Å²) in [6, 6.07) is 13.1. The highest BCUT2D eigenvalue weighted by Crippen LogP contribution is 2.34. The van der Waals surface area contributed by atoms with Gasteiger partial charge in [0, 0.05) is 22.7 Å². The molecular formula is C19H15N5O3S. The summed E-state index contributed by atoms with van der Waals surface area (Å²) in [5, 5.41) is 12.3. The fourth-order valence-corrected chi connectivity index (χ4v) is 3.70. The van der Waals surface area contributed by atoms with Gasteiger partial charge in [0.15, 0.2) is 17.1 Å². The maximum Gasteiger partial charge on any atom is 0.237 e. The lowest BCUT2D eigenvalue weighted by Crippen LogP contribution is -2.22. The summed E-state index contributed by atoms with van der Waals surface area (Å²) >= 11 is 1.25. The molecular weight excluding hydrogens is 378 g/mol. The van der Waals surface area contributed by atoms with Crippen LogP contribution < -0.4 is 14.8 Å². The van der Waals surface area contributed by atoms with Gasteiger partial charge in [0.05, 0.1) is 5.25 Å². The van der Waals surface area contributed by atoms with Gasteiger partial charge in [-0.05, 0) is 25.1 Å². The Bertz CT molecular complexity index is 1210. The number of fused-ring (bicyclic) bond motifs is 4. The molecule has 0 saturated heterocycles. The average molecular weight is 393 g/mol. The summed E-state index contributed by atoms with van der Waals surface area (Å²) in [6.07, 6.45) is 0. The van der Waals surface area contributed by atoms with Gasteiger partial charge in [-0.15, -0.1) is 10.2 Å². The summed E-state index contributed by atoms with van der Waals surface area (Å²) in [7, 11) is 0. The van der Waals surface area contributed by atoms with Crippen LogP contribution in [-0.2, 0) is 4.79 Å². The molecule has 4 aromatic rings. The van der Waals surface area contributed by atoms with E-state index in [2.05, 4.69) is 25.5 Å². The third-order valence-electron chi connectivity index (χ3n) is 4.39. The van der Waals surface area contributed by atoms with Crippen molar-refractivity contribution in [1.82, 2.24) is 20.2 Å². The number of anilines is 1. The topological polar surface area (TPSA) is 102 Å². The molecule has 1 amide bonds. The van der Waals surface area contributed by atoms with Crippen LogP contribution in [0, 0.1) is 0 Å². The number of ether oxygens (including phenoxy) is 2. The van der Waals surface area contributed by atoms with Gasteiger partial charge in [-0.3, -0.25) is 4.79 Å². The molecule has 0 radical (unpaired) electrons. The van der Waals surface area contributed by atoms with Crippen molar-refractivity contribution < 1.29 is 14.3 Å². The van der Waals surface area contributed by atoms with Crippen molar-refractivity contribution in [2.75, 3.05) is 12.1 Å². The van der Waals surface area contributed by atoms with Gasteiger partial charge in [0.1, 0.15) is 5.52 Å². The van der Waals surface area contributed by atoms with Crippen LogP contribution in [0.5, 0.6) is 11.5 Å². The number of hydrogen-bond acceptors (Lipinski definition) is 7. The molecule has 2 N–H and O–H groups in total. The normalized spacial score (nSPS) is 13.8. The molecule has 0 unspecified atom stereocenters. The monoisotopic (exact) mass is 393 g/mol. The van der Waals surface area contributed by atoms with Gasteiger partial charge in [0.25, 0.3) is 0 Å². The quantitative estimate of drug-likeness (QED) is 0.513. The molecule has 0 fully saturated rings. The number of hydrogen-bond donors (Lipinski definition) is 2. The molecule has 0 aliphatic carbocycles.